The van der Waals surface area contributed by atoms with E-state index in [0.717, 1.165) is 25.5 Å². The first-order chi connectivity index (χ1) is 12.0. The van der Waals surface area contributed by atoms with Crippen LogP contribution in [-0.2, 0) is 11.2 Å². The minimum Gasteiger partial charge on any atom is -0.441 e. The number of aromatic nitrogens is 1. The third kappa shape index (κ3) is 3.89. The highest BCUT2D eigenvalue weighted by molar-refractivity contribution is 5.77. The molecule has 0 unspecified atom stereocenters. The van der Waals surface area contributed by atoms with Gasteiger partial charge in [0.15, 0.2) is 11.7 Å². The summed E-state index contributed by atoms with van der Waals surface area (Å²) < 4.78 is 32.3. The van der Waals surface area contributed by atoms with Gasteiger partial charge in [-0.25, -0.2) is 13.8 Å². The Morgan fingerprint density at radius 2 is 2.20 bits per heavy atom. The van der Waals surface area contributed by atoms with E-state index in [9.17, 15) is 13.6 Å². The molecule has 6 heteroatoms. The molecule has 0 radical (unpaired) electrons. The molecular formula is C19H22F2N2O2. The number of carbonyl (C=O) groups is 1. The Balaban J connectivity index is 1.63. The third-order valence-corrected chi connectivity index (χ3v) is 4.69. The maximum atomic E-state index is 13.8. The van der Waals surface area contributed by atoms with Gasteiger partial charge < -0.3 is 9.32 Å². The second-order valence-electron chi connectivity index (χ2n) is 6.78. The number of rotatable bonds is 5. The lowest BCUT2D eigenvalue weighted by atomic mass is 10.0. The highest BCUT2D eigenvalue weighted by atomic mass is 19.1. The van der Waals surface area contributed by atoms with E-state index in [1.807, 2.05) is 4.90 Å². The van der Waals surface area contributed by atoms with Crippen LogP contribution in [0, 0.1) is 17.6 Å². The van der Waals surface area contributed by atoms with Gasteiger partial charge in [-0.05, 0) is 30.9 Å². The number of carbonyl (C=O) groups excluding carboxylic acids is 1. The van der Waals surface area contributed by atoms with Crippen molar-refractivity contribution in [1.29, 1.82) is 0 Å². The third-order valence-electron chi connectivity index (χ3n) is 4.69. The molecule has 1 aromatic carbocycles. The van der Waals surface area contributed by atoms with Crippen LogP contribution < -0.4 is 0 Å². The predicted molar refractivity (Wildman–Crippen MR) is 89.7 cm³/mol. The second-order valence-corrected chi connectivity index (χ2v) is 6.78. The SMILES string of the molecule is CC(C)[C@H]1CCCN1C(=O)CCc1ncc(-c2ccc(F)cc2F)o1. The maximum absolute atomic E-state index is 13.8. The summed E-state index contributed by atoms with van der Waals surface area (Å²) in [5.74, 6) is -0.175. The van der Waals surface area contributed by atoms with E-state index in [1.54, 1.807) is 0 Å². The molecule has 2 aromatic rings. The molecule has 1 atom stereocenters. The number of hydrogen-bond acceptors (Lipinski definition) is 3. The Kier molecular flexibility index (Phi) is 5.16. The Hall–Kier alpha value is -2.24. The summed E-state index contributed by atoms with van der Waals surface area (Å²) in [6, 6.07) is 3.60. The predicted octanol–water partition coefficient (Wildman–Crippen LogP) is 4.20. The Morgan fingerprint density at radius 1 is 1.40 bits per heavy atom. The second kappa shape index (κ2) is 7.33. The van der Waals surface area contributed by atoms with Crippen molar-refractivity contribution < 1.29 is 18.0 Å². The average Bonchev–Trinajstić information content (AvgIpc) is 3.22. The topological polar surface area (TPSA) is 46.3 Å². The van der Waals surface area contributed by atoms with Gasteiger partial charge in [0.1, 0.15) is 11.6 Å². The van der Waals surface area contributed by atoms with Crippen LogP contribution in [0.15, 0.2) is 28.8 Å². The zero-order chi connectivity index (χ0) is 18.0. The van der Waals surface area contributed by atoms with Crippen molar-refractivity contribution in [1.82, 2.24) is 9.88 Å². The Bertz CT molecular complexity index is 758. The molecule has 1 amide bonds. The van der Waals surface area contributed by atoms with Gasteiger partial charge in [-0.1, -0.05) is 13.8 Å². The number of aryl methyl sites for hydroxylation is 1. The van der Waals surface area contributed by atoms with E-state index in [4.69, 9.17) is 4.42 Å². The van der Waals surface area contributed by atoms with Crippen molar-refractivity contribution in [3.8, 4) is 11.3 Å². The van der Waals surface area contributed by atoms with Crippen LogP contribution in [0.25, 0.3) is 11.3 Å². The van der Waals surface area contributed by atoms with Crippen LogP contribution in [0.5, 0.6) is 0 Å². The lowest BCUT2D eigenvalue weighted by Gasteiger charge is -2.27. The van der Waals surface area contributed by atoms with Crippen LogP contribution in [0.1, 0.15) is 39.0 Å². The minimum absolute atomic E-state index is 0.101. The monoisotopic (exact) mass is 348 g/mol. The van der Waals surface area contributed by atoms with E-state index in [-0.39, 0.29) is 17.2 Å². The first-order valence-corrected chi connectivity index (χ1v) is 8.65. The number of benzene rings is 1. The molecule has 2 heterocycles. The molecule has 4 nitrogen and oxygen atoms in total. The van der Waals surface area contributed by atoms with E-state index in [0.29, 0.717) is 30.7 Å². The first-order valence-electron chi connectivity index (χ1n) is 8.65. The fourth-order valence-corrected chi connectivity index (χ4v) is 3.39. The maximum Gasteiger partial charge on any atom is 0.223 e. The highest BCUT2D eigenvalue weighted by Gasteiger charge is 2.30. The summed E-state index contributed by atoms with van der Waals surface area (Å²) in [5, 5.41) is 0. The summed E-state index contributed by atoms with van der Waals surface area (Å²) in [7, 11) is 0. The molecule has 1 aromatic heterocycles. The van der Waals surface area contributed by atoms with E-state index in [1.165, 1.54) is 18.3 Å². The van der Waals surface area contributed by atoms with Gasteiger partial charge in [0, 0.05) is 31.5 Å². The van der Waals surface area contributed by atoms with Gasteiger partial charge in [0.25, 0.3) is 0 Å². The van der Waals surface area contributed by atoms with Crippen LogP contribution in [0.2, 0.25) is 0 Å². The number of hydrogen-bond donors (Lipinski definition) is 0. The molecule has 134 valence electrons. The largest absolute Gasteiger partial charge is 0.441 e. The smallest absolute Gasteiger partial charge is 0.223 e. The Labute approximate surface area is 145 Å². The van der Waals surface area contributed by atoms with Crippen molar-refractivity contribution >= 4 is 5.91 Å². The lowest BCUT2D eigenvalue weighted by molar-refractivity contribution is -0.132. The molecule has 3 rings (SSSR count). The van der Waals surface area contributed by atoms with Crippen molar-refractivity contribution in [3.05, 3.63) is 41.9 Å². The van der Waals surface area contributed by atoms with Gasteiger partial charge in [0.05, 0.1) is 11.8 Å². The summed E-state index contributed by atoms with van der Waals surface area (Å²) in [5.41, 5.74) is 0.158. The molecule has 1 fully saturated rings. The van der Waals surface area contributed by atoms with Gasteiger partial charge in [-0.15, -0.1) is 0 Å². The fraction of sp³-hybridized carbons (Fsp3) is 0.474. The van der Waals surface area contributed by atoms with Crippen molar-refractivity contribution in [2.45, 2.75) is 45.6 Å². The van der Waals surface area contributed by atoms with Crippen LogP contribution in [-0.4, -0.2) is 28.4 Å². The molecule has 0 saturated carbocycles. The van der Waals surface area contributed by atoms with E-state index in [2.05, 4.69) is 18.8 Å². The molecule has 25 heavy (non-hydrogen) atoms. The van der Waals surface area contributed by atoms with E-state index >= 15 is 0 Å². The number of amides is 1. The lowest BCUT2D eigenvalue weighted by Crippen LogP contribution is -2.38. The number of likely N-dealkylation sites (tertiary alicyclic amines) is 1. The Morgan fingerprint density at radius 3 is 2.92 bits per heavy atom. The summed E-state index contributed by atoms with van der Waals surface area (Å²) in [6.45, 7) is 5.07. The fourth-order valence-electron chi connectivity index (χ4n) is 3.39. The van der Waals surface area contributed by atoms with Gasteiger partial charge in [0.2, 0.25) is 5.91 Å². The van der Waals surface area contributed by atoms with Crippen molar-refractivity contribution in [3.63, 3.8) is 0 Å². The van der Waals surface area contributed by atoms with Gasteiger partial charge in [-0.3, -0.25) is 4.79 Å². The zero-order valence-electron chi connectivity index (χ0n) is 14.5. The molecule has 0 spiro atoms. The number of oxazole rings is 1. The van der Waals surface area contributed by atoms with Crippen LogP contribution >= 0.6 is 0 Å². The summed E-state index contributed by atoms with van der Waals surface area (Å²) >= 11 is 0. The number of nitrogens with zero attached hydrogens (tertiary/aromatic N) is 2. The minimum atomic E-state index is -0.699. The van der Waals surface area contributed by atoms with Crippen LogP contribution in [0.3, 0.4) is 0 Å². The normalized spacial score (nSPS) is 17.5. The molecule has 1 aliphatic heterocycles. The quantitative estimate of drug-likeness (QED) is 0.813. The van der Waals surface area contributed by atoms with Crippen molar-refractivity contribution in [2.24, 2.45) is 5.92 Å². The number of halogens is 2. The summed E-state index contributed by atoms with van der Waals surface area (Å²) in [4.78, 5) is 18.5. The average molecular weight is 348 g/mol. The first kappa shape index (κ1) is 17.6. The molecule has 1 saturated heterocycles. The molecular weight excluding hydrogens is 326 g/mol. The van der Waals surface area contributed by atoms with Gasteiger partial charge >= 0.3 is 0 Å². The molecule has 0 aliphatic carbocycles. The molecule has 0 bridgehead atoms. The molecule has 1 aliphatic rings. The highest BCUT2D eigenvalue weighted by Crippen LogP contribution is 2.26. The molecule has 0 N–H and O–H groups in total. The van der Waals surface area contributed by atoms with E-state index < -0.39 is 11.6 Å². The van der Waals surface area contributed by atoms with Crippen LogP contribution in [0.4, 0.5) is 8.78 Å². The van der Waals surface area contributed by atoms with Crippen molar-refractivity contribution in [2.75, 3.05) is 6.54 Å². The standard InChI is InChI=1S/C19H22F2N2O2/c1-12(2)16-4-3-9-23(16)19(24)8-7-18-22-11-17(25-18)14-6-5-13(20)10-15(14)21/h5-6,10-12,16H,3-4,7-9H2,1-2H3/t16-/m1/s1. The van der Waals surface area contributed by atoms with Gasteiger partial charge in [-0.2, -0.15) is 0 Å². The zero-order valence-corrected chi connectivity index (χ0v) is 14.5. The summed E-state index contributed by atoms with van der Waals surface area (Å²) in [6.07, 6.45) is 4.18.